The Hall–Kier alpha value is -0.450. The molecule has 1 atom stereocenters. The number of pyridine rings is 1. The summed E-state index contributed by atoms with van der Waals surface area (Å²) in [5.41, 5.74) is 7.88. The average molecular weight is 229 g/mol. The van der Waals surface area contributed by atoms with Gasteiger partial charge in [0.25, 0.3) is 0 Å². The molecule has 1 unspecified atom stereocenters. The minimum absolute atomic E-state index is 0.0289. The molecule has 0 aliphatic carbocycles. The Labute approximate surface area is 79.1 Å². The predicted octanol–water partition coefficient (Wildman–Crippen LogP) is 1.37. The van der Waals surface area contributed by atoms with Crippen LogP contribution in [0.1, 0.15) is 17.3 Å². The lowest BCUT2D eigenvalue weighted by atomic mass is 10.1. The van der Waals surface area contributed by atoms with Gasteiger partial charge in [-0.25, -0.2) is 0 Å². The van der Waals surface area contributed by atoms with Crippen molar-refractivity contribution in [3.8, 4) is 0 Å². The van der Waals surface area contributed by atoms with Gasteiger partial charge in [0.05, 0.1) is 24.9 Å². The second-order valence-electron chi connectivity index (χ2n) is 2.81. The third kappa shape index (κ3) is 1.37. The number of hydrogen-bond acceptors (Lipinski definition) is 3. The first kappa shape index (κ1) is 8.16. The zero-order valence-electron chi connectivity index (χ0n) is 6.46. The van der Waals surface area contributed by atoms with Gasteiger partial charge < -0.3 is 10.5 Å². The summed E-state index contributed by atoms with van der Waals surface area (Å²) in [6.07, 6.45) is 1.76. The van der Waals surface area contributed by atoms with Crippen molar-refractivity contribution in [2.45, 2.75) is 12.6 Å². The number of halogens is 1. The normalized spacial score (nSPS) is 22.0. The van der Waals surface area contributed by atoms with Gasteiger partial charge in [0.15, 0.2) is 0 Å². The van der Waals surface area contributed by atoms with E-state index in [0.717, 1.165) is 15.7 Å². The highest BCUT2D eigenvalue weighted by Crippen LogP contribution is 2.23. The molecule has 0 radical (unpaired) electrons. The van der Waals surface area contributed by atoms with E-state index in [4.69, 9.17) is 10.5 Å². The Morgan fingerprint density at radius 2 is 2.50 bits per heavy atom. The average Bonchev–Trinajstić information content (AvgIpc) is 2.07. The fourth-order valence-electron chi connectivity index (χ4n) is 1.30. The van der Waals surface area contributed by atoms with Crippen molar-refractivity contribution in [2.75, 3.05) is 6.61 Å². The van der Waals surface area contributed by atoms with Gasteiger partial charge in [-0.2, -0.15) is 0 Å². The Morgan fingerprint density at radius 1 is 1.67 bits per heavy atom. The molecular formula is C8H9BrN2O. The lowest BCUT2D eigenvalue weighted by Crippen LogP contribution is -2.24. The van der Waals surface area contributed by atoms with Gasteiger partial charge in [0.2, 0.25) is 0 Å². The predicted molar refractivity (Wildman–Crippen MR) is 48.5 cm³/mol. The topological polar surface area (TPSA) is 48.1 Å². The molecule has 2 N–H and O–H groups in total. The maximum absolute atomic E-state index is 5.83. The van der Waals surface area contributed by atoms with Crippen LogP contribution in [0.3, 0.4) is 0 Å². The van der Waals surface area contributed by atoms with Crippen LogP contribution in [0.15, 0.2) is 16.7 Å². The van der Waals surface area contributed by atoms with Gasteiger partial charge in [-0.1, -0.05) is 0 Å². The van der Waals surface area contributed by atoms with E-state index in [1.165, 1.54) is 0 Å². The van der Waals surface area contributed by atoms with E-state index < -0.39 is 0 Å². The third-order valence-corrected chi connectivity index (χ3v) is 2.34. The molecule has 0 fully saturated rings. The zero-order chi connectivity index (χ0) is 8.55. The van der Waals surface area contributed by atoms with Gasteiger partial charge in [-0.05, 0) is 27.6 Å². The van der Waals surface area contributed by atoms with Gasteiger partial charge in [0, 0.05) is 10.7 Å². The molecule has 4 heteroatoms. The SMILES string of the molecule is NC1COCc2ncc(Br)cc21. The van der Waals surface area contributed by atoms with Crippen LogP contribution in [-0.2, 0) is 11.3 Å². The van der Waals surface area contributed by atoms with Crippen molar-refractivity contribution in [2.24, 2.45) is 5.73 Å². The van der Waals surface area contributed by atoms with Gasteiger partial charge in [-0.3, -0.25) is 4.98 Å². The molecule has 0 amide bonds. The molecule has 64 valence electrons. The number of aromatic nitrogens is 1. The Bertz CT molecular complexity index is 303. The van der Waals surface area contributed by atoms with E-state index >= 15 is 0 Å². The third-order valence-electron chi connectivity index (χ3n) is 1.91. The molecule has 0 saturated carbocycles. The smallest absolute Gasteiger partial charge is 0.0892 e. The standard InChI is InChI=1S/C8H9BrN2O/c9-5-1-6-7(10)3-12-4-8(6)11-2-5/h1-2,7H,3-4,10H2. The Morgan fingerprint density at radius 3 is 3.33 bits per heavy atom. The van der Waals surface area contributed by atoms with Crippen LogP contribution in [0.4, 0.5) is 0 Å². The fraction of sp³-hybridized carbons (Fsp3) is 0.375. The molecule has 12 heavy (non-hydrogen) atoms. The first-order chi connectivity index (χ1) is 5.77. The van der Waals surface area contributed by atoms with E-state index in [-0.39, 0.29) is 6.04 Å². The fourth-order valence-corrected chi connectivity index (χ4v) is 1.65. The summed E-state index contributed by atoms with van der Waals surface area (Å²) in [6, 6.07) is 1.98. The van der Waals surface area contributed by atoms with Crippen molar-refractivity contribution in [3.63, 3.8) is 0 Å². The number of fused-ring (bicyclic) bond motifs is 1. The number of nitrogens with zero attached hydrogens (tertiary/aromatic N) is 1. The first-order valence-corrected chi connectivity index (χ1v) is 4.54. The molecule has 1 aromatic rings. The van der Waals surface area contributed by atoms with Gasteiger partial charge in [0.1, 0.15) is 0 Å². The molecule has 2 heterocycles. The number of rotatable bonds is 0. The maximum atomic E-state index is 5.83. The molecule has 2 rings (SSSR count). The van der Waals surface area contributed by atoms with E-state index in [0.29, 0.717) is 13.2 Å². The van der Waals surface area contributed by atoms with Crippen LogP contribution < -0.4 is 5.73 Å². The summed E-state index contributed by atoms with van der Waals surface area (Å²) in [4.78, 5) is 4.22. The highest BCUT2D eigenvalue weighted by molar-refractivity contribution is 9.10. The van der Waals surface area contributed by atoms with Crippen LogP contribution in [0.25, 0.3) is 0 Å². The van der Waals surface area contributed by atoms with E-state index in [9.17, 15) is 0 Å². The lowest BCUT2D eigenvalue weighted by molar-refractivity contribution is 0.0891. The summed E-state index contributed by atoms with van der Waals surface area (Å²) >= 11 is 3.36. The summed E-state index contributed by atoms with van der Waals surface area (Å²) in [5, 5.41) is 0. The second kappa shape index (κ2) is 3.12. The van der Waals surface area contributed by atoms with Crippen molar-refractivity contribution in [1.82, 2.24) is 4.98 Å². The maximum Gasteiger partial charge on any atom is 0.0892 e. The monoisotopic (exact) mass is 228 g/mol. The molecule has 1 aliphatic rings. The molecule has 0 spiro atoms. The minimum atomic E-state index is -0.0289. The molecule has 0 aromatic carbocycles. The van der Waals surface area contributed by atoms with Crippen molar-refractivity contribution in [3.05, 3.63) is 28.0 Å². The molecule has 0 saturated heterocycles. The number of nitrogens with two attached hydrogens (primary N) is 1. The highest BCUT2D eigenvalue weighted by Gasteiger charge is 2.17. The van der Waals surface area contributed by atoms with Crippen molar-refractivity contribution < 1.29 is 4.74 Å². The largest absolute Gasteiger partial charge is 0.373 e. The Balaban J connectivity index is 2.47. The minimum Gasteiger partial charge on any atom is -0.373 e. The van der Waals surface area contributed by atoms with E-state index in [2.05, 4.69) is 20.9 Å². The summed E-state index contributed by atoms with van der Waals surface area (Å²) in [5.74, 6) is 0. The quantitative estimate of drug-likeness (QED) is 0.730. The molecular weight excluding hydrogens is 220 g/mol. The molecule has 1 aromatic heterocycles. The number of ether oxygens (including phenoxy) is 1. The van der Waals surface area contributed by atoms with Crippen molar-refractivity contribution in [1.29, 1.82) is 0 Å². The van der Waals surface area contributed by atoms with Crippen LogP contribution in [0.2, 0.25) is 0 Å². The molecule has 3 nitrogen and oxygen atoms in total. The van der Waals surface area contributed by atoms with Crippen LogP contribution >= 0.6 is 15.9 Å². The van der Waals surface area contributed by atoms with Crippen molar-refractivity contribution >= 4 is 15.9 Å². The zero-order valence-corrected chi connectivity index (χ0v) is 8.04. The van der Waals surface area contributed by atoms with E-state index in [1.807, 2.05) is 6.07 Å². The van der Waals surface area contributed by atoms with E-state index in [1.54, 1.807) is 6.20 Å². The lowest BCUT2D eigenvalue weighted by Gasteiger charge is -2.21. The molecule has 0 bridgehead atoms. The van der Waals surface area contributed by atoms with Gasteiger partial charge >= 0.3 is 0 Å². The van der Waals surface area contributed by atoms with Gasteiger partial charge in [-0.15, -0.1) is 0 Å². The summed E-state index contributed by atoms with van der Waals surface area (Å²) in [7, 11) is 0. The Kier molecular flexibility index (Phi) is 2.12. The first-order valence-electron chi connectivity index (χ1n) is 3.75. The summed E-state index contributed by atoms with van der Waals surface area (Å²) in [6.45, 7) is 1.17. The highest BCUT2D eigenvalue weighted by atomic mass is 79.9. The number of hydrogen-bond donors (Lipinski definition) is 1. The van der Waals surface area contributed by atoms with Crippen LogP contribution in [-0.4, -0.2) is 11.6 Å². The summed E-state index contributed by atoms with van der Waals surface area (Å²) < 4.78 is 6.22. The van der Waals surface area contributed by atoms with Crippen LogP contribution in [0, 0.1) is 0 Å². The van der Waals surface area contributed by atoms with Crippen LogP contribution in [0.5, 0.6) is 0 Å². The second-order valence-corrected chi connectivity index (χ2v) is 3.73. The molecule has 1 aliphatic heterocycles.